The van der Waals surface area contributed by atoms with Crippen LogP contribution in [0.15, 0.2) is 35.0 Å². The quantitative estimate of drug-likeness (QED) is 0.508. The Labute approximate surface area is 168 Å². The van der Waals surface area contributed by atoms with Crippen molar-refractivity contribution in [3.05, 3.63) is 29.8 Å². The second kappa shape index (κ2) is 10.1. The summed E-state index contributed by atoms with van der Waals surface area (Å²) in [5, 5.41) is 15.3. The normalized spacial score (nSPS) is 13.7. The maximum atomic E-state index is 12.2. The van der Waals surface area contributed by atoms with Crippen LogP contribution in [0.2, 0.25) is 0 Å². The smallest absolute Gasteiger partial charge is 0.230 e. The molecule has 0 unspecified atom stereocenters. The number of hydrogen-bond acceptors (Lipinski definition) is 7. The first-order valence-corrected chi connectivity index (χ1v) is 10.3. The molecule has 8 nitrogen and oxygen atoms in total. The molecule has 28 heavy (non-hydrogen) atoms. The monoisotopic (exact) mass is 403 g/mol. The second-order valence-electron chi connectivity index (χ2n) is 6.41. The summed E-state index contributed by atoms with van der Waals surface area (Å²) < 4.78 is 12.2. The number of ether oxygens (including phenoxy) is 2. The minimum Gasteiger partial charge on any atom is -0.497 e. The van der Waals surface area contributed by atoms with Gasteiger partial charge in [-0.1, -0.05) is 23.4 Å². The third kappa shape index (κ3) is 5.25. The fourth-order valence-electron chi connectivity index (χ4n) is 3.06. The highest BCUT2D eigenvalue weighted by atomic mass is 32.2. The Bertz CT molecular complexity index is 837. The zero-order valence-electron chi connectivity index (χ0n) is 16.2. The Morgan fingerprint density at radius 1 is 1.29 bits per heavy atom. The van der Waals surface area contributed by atoms with Crippen LogP contribution in [0.25, 0.3) is 5.69 Å². The molecule has 1 heterocycles. The number of hydrogen-bond donors (Lipinski definition) is 1. The fourth-order valence-corrected chi connectivity index (χ4v) is 3.77. The molecular formula is C19H25N5O3S. The number of thioether (sulfide) groups is 1. The number of carbonyl (C=O) groups excluding carboxylic acids is 1. The van der Waals surface area contributed by atoms with Gasteiger partial charge in [0, 0.05) is 12.6 Å². The number of amides is 1. The Kier molecular flexibility index (Phi) is 7.30. The van der Waals surface area contributed by atoms with Gasteiger partial charge >= 0.3 is 0 Å². The van der Waals surface area contributed by atoms with Crippen molar-refractivity contribution in [1.82, 2.24) is 25.5 Å². The van der Waals surface area contributed by atoms with Crippen molar-refractivity contribution in [3.63, 3.8) is 0 Å². The zero-order valence-corrected chi connectivity index (χ0v) is 17.0. The highest BCUT2D eigenvalue weighted by Gasteiger charge is 2.16. The zero-order chi connectivity index (χ0) is 19.8. The minimum atomic E-state index is -0.0337. The minimum absolute atomic E-state index is 0.0337. The number of tetrazole rings is 1. The lowest BCUT2D eigenvalue weighted by Gasteiger charge is -2.13. The Morgan fingerprint density at radius 2 is 2.18 bits per heavy atom. The lowest BCUT2D eigenvalue weighted by atomic mass is 9.97. The van der Waals surface area contributed by atoms with Gasteiger partial charge in [-0.3, -0.25) is 4.79 Å². The van der Waals surface area contributed by atoms with E-state index >= 15 is 0 Å². The summed E-state index contributed by atoms with van der Waals surface area (Å²) in [7, 11) is 3.17. The number of aromatic nitrogens is 4. The van der Waals surface area contributed by atoms with Crippen LogP contribution in [0.4, 0.5) is 0 Å². The number of nitrogens with zero attached hydrogens (tertiary/aromatic N) is 4. The van der Waals surface area contributed by atoms with E-state index in [-0.39, 0.29) is 11.7 Å². The number of allylic oxidation sites excluding steroid dienone is 1. The summed E-state index contributed by atoms with van der Waals surface area (Å²) in [6.07, 6.45) is 8.08. The van der Waals surface area contributed by atoms with Crippen LogP contribution < -0.4 is 14.8 Å². The topological polar surface area (TPSA) is 91.2 Å². The van der Waals surface area contributed by atoms with Crippen molar-refractivity contribution in [3.8, 4) is 17.2 Å². The lowest BCUT2D eigenvalue weighted by Crippen LogP contribution is -2.26. The summed E-state index contributed by atoms with van der Waals surface area (Å²) in [6, 6.07) is 5.38. The molecule has 150 valence electrons. The van der Waals surface area contributed by atoms with Gasteiger partial charge in [-0.2, -0.15) is 4.68 Å². The molecule has 0 saturated heterocycles. The van der Waals surface area contributed by atoms with Gasteiger partial charge < -0.3 is 14.8 Å². The third-order valence-corrected chi connectivity index (χ3v) is 5.46. The standard InChI is InChI=1S/C19H25N5O3S/c1-26-15-8-9-17(27-2)16(12-15)24-19(21-22-23-24)28-13-18(25)20-11-10-14-6-4-3-5-7-14/h6,8-9,12H,3-5,7,10-11,13H2,1-2H3,(H,20,25). The molecule has 0 bridgehead atoms. The summed E-state index contributed by atoms with van der Waals surface area (Å²) in [6.45, 7) is 0.667. The van der Waals surface area contributed by atoms with Crippen LogP contribution in [0.3, 0.4) is 0 Å². The second-order valence-corrected chi connectivity index (χ2v) is 7.35. The molecule has 0 atom stereocenters. The van der Waals surface area contributed by atoms with Crippen LogP contribution >= 0.6 is 11.8 Å². The van der Waals surface area contributed by atoms with Gasteiger partial charge in [0.1, 0.15) is 17.2 Å². The molecule has 1 aliphatic rings. The van der Waals surface area contributed by atoms with Crippen molar-refractivity contribution < 1.29 is 14.3 Å². The van der Waals surface area contributed by atoms with Crippen molar-refractivity contribution in [2.75, 3.05) is 26.5 Å². The van der Waals surface area contributed by atoms with Crippen LogP contribution in [0, 0.1) is 0 Å². The largest absolute Gasteiger partial charge is 0.497 e. The SMILES string of the molecule is COc1ccc(OC)c(-n2nnnc2SCC(=O)NCCC2=CCCCC2)c1. The van der Waals surface area contributed by atoms with Crippen LogP contribution in [-0.2, 0) is 4.79 Å². The molecule has 1 N–H and O–H groups in total. The van der Waals surface area contributed by atoms with Gasteiger partial charge in [0.05, 0.1) is 20.0 Å². The van der Waals surface area contributed by atoms with Crippen molar-refractivity contribution in [2.45, 2.75) is 37.3 Å². The molecule has 0 fully saturated rings. The lowest BCUT2D eigenvalue weighted by molar-refractivity contribution is -0.118. The van der Waals surface area contributed by atoms with Gasteiger partial charge in [0.2, 0.25) is 11.1 Å². The first kappa shape index (κ1) is 20.2. The number of carbonyl (C=O) groups is 1. The van der Waals surface area contributed by atoms with E-state index in [1.165, 1.54) is 30.2 Å². The Morgan fingerprint density at radius 3 is 2.93 bits per heavy atom. The van der Waals surface area contributed by atoms with Crippen LogP contribution in [0.1, 0.15) is 32.1 Å². The van der Waals surface area contributed by atoms with Gasteiger partial charge in [-0.05, 0) is 54.7 Å². The molecule has 0 spiro atoms. The first-order valence-electron chi connectivity index (χ1n) is 9.29. The van der Waals surface area contributed by atoms with E-state index in [1.807, 2.05) is 0 Å². The maximum absolute atomic E-state index is 12.2. The van der Waals surface area contributed by atoms with Crippen molar-refractivity contribution in [1.29, 1.82) is 0 Å². The number of nitrogens with one attached hydrogen (secondary N) is 1. The van der Waals surface area contributed by atoms with Crippen LogP contribution in [0.5, 0.6) is 11.5 Å². The van der Waals surface area contributed by atoms with E-state index in [1.54, 1.807) is 37.1 Å². The highest BCUT2D eigenvalue weighted by Crippen LogP contribution is 2.29. The Hall–Kier alpha value is -2.55. The summed E-state index contributed by atoms with van der Waals surface area (Å²) in [4.78, 5) is 12.2. The number of rotatable bonds is 9. The molecule has 2 aromatic rings. The molecule has 0 saturated carbocycles. The van der Waals surface area contributed by atoms with Crippen molar-refractivity contribution >= 4 is 17.7 Å². The van der Waals surface area contributed by atoms with Crippen LogP contribution in [-0.4, -0.2) is 52.6 Å². The average molecular weight is 404 g/mol. The molecular weight excluding hydrogens is 378 g/mol. The highest BCUT2D eigenvalue weighted by molar-refractivity contribution is 7.99. The average Bonchev–Trinajstić information content (AvgIpc) is 3.21. The third-order valence-electron chi connectivity index (χ3n) is 4.54. The number of benzene rings is 1. The first-order chi connectivity index (χ1) is 13.7. The van der Waals surface area contributed by atoms with Gasteiger partial charge in [-0.15, -0.1) is 5.10 Å². The summed E-state index contributed by atoms with van der Waals surface area (Å²) in [5.74, 6) is 1.48. The predicted molar refractivity (Wildman–Crippen MR) is 107 cm³/mol. The van der Waals surface area contributed by atoms with E-state index in [0.29, 0.717) is 28.9 Å². The van der Waals surface area contributed by atoms with Crippen molar-refractivity contribution in [2.24, 2.45) is 0 Å². The molecule has 1 aliphatic carbocycles. The molecule has 0 radical (unpaired) electrons. The molecule has 0 aliphatic heterocycles. The van der Waals surface area contributed by atoms with Gasteiger partial charge in [0.15, 0.2) is 0 Å². The maximum Gasteiger partial charge on any atom is 0.230 e. The molecule has 1 aromatic heterocycles. The van der Waals surface area contributed by atoms with E-state index in [0.717, 1.165) is 19.3 Å². The van der Waals surface area contributed by atoms with E-state index in [2.05, 4.69) is 26.9 Å². The number of methoxy groups -OCH3 is 2. The molecule has 9 heteroatoms. The van der Waals surface area contributed by atoms with E-state index in [4.69, 9.17) is 9.47 Å². The van der Waals surface area contributed by atoms with E-state index < -0.39 is 0 Å². The predicted octanol–water partition coefficient (Wildman–Crippen LogP) is 2.78. The molecule has 1 amide bonds. The van der Waals surface area contributed by atoms with Gasteiger partial charge in [-0.25, -0.2) is 0 Å². The van der Waals surface area contributed by atoms with E-state index in [9.17, 15) is 4.79 Å². The molecule has 1 aromatic carbocycles. The summed E-state index contributed by atoms with van der Waals surface area (Å²) in [5.41, 5.74) is 2.10. The fraction of sp³-hybridized carbons (Fsp3) is 0.474. The summed E-state index contributed by atoms with van der Waals surface area (Å²) >= 11 is 1.28. The van der Waals surface area contributed by atoms with Gasteiger partial charge in [0.25, 0.3) is 0 Å². The Balaban J connectivity index is 1.57. The molecule has 3 rings (SSSR count).